The first kappa shape index (κ1) is 16.8. The lowest BCUT2D eigenvalue weighted by molar-refractivity contribution is -0.142. The molecule has 0 aromatic heterocycles. The Morgan fingerprint density at radius 2 is 1.74 bits per heavy atom. The molecule has 120 valence electrons. The molecule has 1 amide bonds. The fraction of sp³-hybridized carbons (Fsp3) is 0.176. The molecule has 2 N–H and O–H groups in total. The molecule has 2 rings (SSSR count). The monoisotopic (exact) mass is 333 g/mol. The Hall–Kier alpha value is -2.53. The molecule has 0 aliphatic carbocycles. The van der Waals surface area contributed by atoms with Crippen LogP contribution in [0.2, 0.25) is 5.02 Å². The van der Waals surface area contributed by atoms with E-state index in [4.69, 9.17) is 16.3 Å². The standard InChI is InChI=1S/C17H16ClNO4/c1-23-17(22)15(10-11-2-8-14(20)9-3-11)19-16(21)12-4-6-13(18)7-5-12/h2-9,15,20H,10H2,1H3,(H,19,21)/t15-/m0/s1. The van der Waals surface area contributed by atoms with Gasteiger partial charge < -0.3 is 15.2 Å². The first-order chi connectivity index (χ1) is 11.0. The van der Waals surface area contributed by atoms with Gasteiger partial charge >= 0.3 is 5.97 Å². The van der Waals surface area contributed by atoms with E-state index in [2.05, 4.69) is 5.32 Å². The number of hydrogen-bond donors (Lipinski definition) is 2. The molecule has 0 unspecified atom stereocenters. The number of esters is 1. The van der Waals surface area contributed by atoms with E-state index < -0.39 is 17.9 Å². The van der Waals surface area contributed by atoms with Gasteiger partial charge in [0.25, 0.3) is 5.91 Å². The lowest BCUT2D eigenvalue weighted by atomic mass is 10.1. The summed E-state index contributed by atoms with van der Waals surface area (Å²) in [6.45, 7) is 0. The largest absolute Gasteiger partial charge is 0.508 e. The van der Waals surface area contributed by atoms with Gasteiger partial charge in [-0.2, -0.15) is 0 Å². The second-order valence-electron chi connectivity index (χ2n) is 4.93. The highest BCUT2D eigenvalue weighted by atomic mass is 35.5. The molecule has 0 fully saturated rings. The quantitative estimate of drug-likeness (QED) is 0.825. The van der Waals surface area contributed by atoms with Gasteiger partial charge in [0.05, 0.1) is 7.11 Å². The number of aromatic hydroxyl groups is 1. The van der Waals surface area contributed by atoms with E-state index in [0.717, 1.165) is 5.56 Å². The van der Waals surface area contributed by atoms with Crippen molar-refractivity contribution in [2.24, 2.45) is 0 Å². The maximum absolute atomic E-state index is 12.2. The Balaban J connectivity index is 2.12. The zero-order chi connectivity index (χ0) is 16.8. The van der Waals surface area contributed by atoms with Crippen molar-refractivity contribution in [1.82, 2.24) is 5.32 Å². The van der Waals surface area contributed by atoms with Crippen LogP contribution in [0.15, 0.2) is 48.5 Å². The Kier molecular flexibility index (Phi) is 5.60. The van der Waals surface area contributed by atoms with Crippen molar-refractivity contribution in [3.05, 3.63) is 64.7 Å². The highest BCUT2D eigenvalue weighted by molar-refractivity contribution is 6.30. The number of rotatable bonds is 5. The number of methoxy groups -OCH3 is 1. The minimum Gasteiger partial charge on any atom is -0.508 e. The van der Waals surface area contributed by atoms with Crippen LogP contribution in [0.4, 0.5) is 0 Å². The Labute approximate surface area is 138 Å². The van der Waals surface area contributed by atoms with Gasteiger partial charge in [0.2, 0.25) is 0 Å². The number of nitrogens with one attached hydrogen (secondary N) is 1. The molecule has 0 bridgehead atoms. The van der Waals surface area contributed by atoms with Crippen LogP contribution in [-0.4, -0.2) is 30.1 Å². The second-order valence-corrected chi connectivity index (χ2v) is 5.36. The van der Waals surface area contributed by atoms with Crippen LogP contribution < -0.4 is 5.32 Å². The molecule has 1 atom stereocenters. The molecular weight excluding hydrogens is 318 g/mol. The number of phenolic OH excluding ortho intramolecular Hbond substituents is 1. The number of amides is 1. The van der Waals surface area contributed by atoms with Crippen LogP contribution in [0.25, 0.3) is 0 Å². The first-order valence-corrected chi connectivity index (χ1v) is 7.29. The first-order valence-electron chi connectivity index (χ1n) is 6.92. The van der Waals surface area contributed by atoms with Gasteiger partial charge in [-0.15, -0.1) is 0 Å². The molecule has 2 aromatic rings. The average molecular weight is 334 g/mol. The van der Waals surface area contributed by atoms with Crippen molar-refractivity contribution in [2.75, 3.05) is 7.11 Å². The zero-order valence-corrected chi connectivity index (χ0v) is 13.2. The van der Waals surface area contributed by atoms with Crippen LogP contribution in [0.3, 0.4) is 0 Å². The molecule has 0 saturated carbocycles. The van der Waals surface area contributed by atoms with E-state index in [9.17, 15) is 14.7 Å². The molecule has 6 heteroatoms. The molecular formula is C17H16ClNO4. The summed E-state index contributed by atoms with van der Waals surface area (Å²) >= 11 is 5.79. The Bertz CT molecular complexity index is 683. The number of hydrogen-bond acceptors (Lipinski definition) is 4. The van der Waals surface area contributed by atoms with E-state index in [1.165, 1.54) is 19.2 Å². The van der Waals surface area contributed by atoms with Gasteiger partial charge in [-0.3, -0.25) is 4.79 Å². The lowest BCUT2D eigenvalue weighted by Gasteiger charge is -2.16. The Morgan fingerprint density at radius 3 is 2.30 bits per heavy atom. The molecule has 0 saturated heterocycles. The Morgan fingerprint density at radius 1 is 1.13 bits per heavy atom. The summed E-state index contributed by atoms with van der Waals surface area (Å²) in [6.07, 6.45) is 0.256. The van der Waals surface area contributed by atoms with Crippen LogP contribution >= 0.6 is 11.6 Å². The summed E-state index contributed by atoms with van der Waals surface area (Å²) < 4.78 is 4.74. The highest BCUT2D eigenvalue weighted by Crippen LogP contribution is 2.13. The van der Waals surface area contributed by atoms with Crippen LogP contribution in [-0.2, 0) is 16.0 Å². The maximum atomic E-state index is 12.2. The second kappa shape index (κ2) is 7.65. The van der Waals surface area contributed by atoms with Gasteiger partial charge in [-0.25, -0.2) is 4.79 Å². The number of benzene rings is 2. The van der Waals surface area contributed by atoms with Crippen molar-refractivity contribution in [3.8, 4) is 5.75 Å². The molecule has 0 spiro atoms. The third-order valence-electron chi connectivity index (χ3n) is 3.27. The van der Waals surface area contributed by atoms with Gasteiger partial charge in [-0.05, 0) is 42.0 Å². The third kappa shape index (κ3) is 4.72. The minimum atomic E-state index is -0.826. The predicted octanol–water partition coefficient (Wildman–Crippen LogP) is 2.56. The van der Waals surface area contributed by atoms with Crippen molar-refractivity contribution in [2.45, 2.75) is 12.5 Å². The molecule has 2 aromatic carbocycles. The van der Waals surface area contributed by atoms with Gasteiger partial charge in [0.15, 0.2) is 0 Å². The molecule has 0 aliphatic heterocycles. The number of ether oxygens (including phenoxy) is 1. The van der Waals surface area contributed by atoms with E-state index in [1.807, 2.05) is 0 Å². The predicted molar refractivity (Wildman–Crippen MR) is 86.5 cm³/mol. The number of carbonyl (C=O) groups excluding carboxylic acids is 2. The summed E-state index contributed by atoms with van der Waals surface area (Å²) in [5.41, 5.74) is 1.18. The average Bonchev–Trinajstić information content (AvgIpc) is 2.56. The smallest absolute Gasteiger partial charge is 0.328 e. The summed E-state index contributed by atoms with van der Waals surface area (Å²) in [6, 6.07) is 11.9. The van der Waals surface area contributed by atoms with Gasteiger partial charge in [0.1, 0.15) is 11.8 Å². The zero-order valence-electron chi connectivity index (χ0n) is 12.5. The highest BCUT2D eigenvalue weighted by Gasteiger charge is 2.22. The summed E-state index contributed by atoms with van der Waals surface area (Å²) in [5.74, 6) is -0.801. The van der Waals surface area contributed by atoms with E-state index in [0.29, 0.717) is 10.6 Å². The molecule has 0 aliphatic rings. The van der Waals surface area contributed by atoms with Gasteiger partial charge in [-0.1, -0.05) is 23.7 Å². The fourth-order valence-corrected chi connectivity index (χ4v) is 2.17. The van der Waals surface area contributed by atoms with E-state index in [1.54, 1.807) is 36.4 Å². The summed E-state index contributed by atoms with van der Waals surface area (Å²) in [4.78, 5) is 24.1. The van der Waals surface area contributed by atoms with Crippen molar-refractivity contribution in [3.63, 3.8) is 0 Å². The van der Waals surface area contributed by atoms with Crippen LogP contribution in [0.1, 0.15) is 15.9 Å². The fourth-order valence-electron chi connectivity index (χ4n) is 2.05. The van der Waals surface area contributed by atoms with Crippen molar-refractivity contribution >= 4 is 23.5 Å². The van der Waals surface area contributed by atoms with Crippen molar-refractivity contribution < 1.29 is 19.4 Å². The number of phenols is 1. The molecule has 23 heavy (non-hydrogen) atoms. The third-order valence-corrected chi connectivity index (χ3v) is 3.53. The van der Waals surface area contributed by atoms with Crippen molar-refractivity contribution in [1.29, 1.82) is 0 Å². The van der Waals surface area contributed by atoms with Crippen LogP contribution in [0, 0.1) is 0 Å². The van der Waals surface area contributed by atoms with E-state index in [-0.39, 0.29) is 12.2 Å². The number of carbonyl (C=O) groups is 2. The van der Waals surface area contributed by atoms with Gasteiger partial charge in [0, 0.05) is 17.0 Å². The minimum absolute atomic E-state index is 0.133. The molecule has 5 nitrogen and oxygen atoms in total. The molecule has 0 heterocycles. The topological polar surface area (TPSA) is 75.6 Å². The lowest BCUT2D eigenvalue weighted by Crippen LogP contribution is -2.43. The normalized spacial score (nSPS) is 11.6. The maximum Gasteiger partial charge on any atom is 0.328 e. The summed E-state index contributed by atoms with van der Waals surface area (Å²) in [5, 5.41) is 12.5. The van der Waals surface area contributed by atoms with E-state index >= 15 is 0 Å². The molecule has 0 radical (unpaired) electrons. The van der Waals surface area contributed by atoms with Crippen LogP contribution in [0.5, 0.6) is 5.75 Å². The summed E-state index contributed by atoms with van der Waals surface area (Å²) in [7, 11) is 1.26. The number of halogens is 1. The SMILES string of the molecule is COC(=O)[C@H](Cc1ccc(O)cc1)NC(=O)c1ccc(Cl)cc1.